The summed E-state index contributed by atoms with van der Waals surface area (Å²) >= 11 is 0. The molecule has 9 heteroatoms. The Bertz CT molecular complexity index is 953. The summed E-state index contributed by atoms with van der Waals surface area (Å²) in [7, 11) is 0. The van der Waals surface area contributed by atoms with Crippen molar-refractivity contribution in [1.29, 1.82) is 0 Å². The van der Waals surface area contributed by atoms with Gasteiger partial charge in [-0.15, -0.1) is 0 Å². The lowest BCUT2D eigenvalue weighted by molar-refractivity contribution is -0.140. The number of aromatic nitrogens is 1. The number of carbonyl (C=O) groups is 2. The number of amides is 2. The Labute approximate surface area is 186 Å². The van der Waals surface area contributed by atoms with E-state index in [9.17, 15) is 24.2 Å². The number of nitrogens with one attached hydrogen (secondary N) is 1. The number of β-amino-alcohol motifs (C(OH)–C–C–N with tert-alkyl or cyclic N) is 1. The van der Waals surface area contributed by atoms with Gasteiger partial charge in [0.15, 0.2) is 0 Å². The van der Waals surface area contributed by atoms with Crippen molar-refractivity contribution < 1.29 is 24.2 Å². The Hall–Kier alpha value is -2.88. The maximum absolute atomic E-state index is 14.0. The molecule has 0 spiro atoms. The van der Waals surface area contributed by atoms with Crippen LogP contribution in [0.1, 0.15) is 31.9 Å². The molecule has 172 valence electrons. The van der Waals surface area contributed by atoms with Gasteiger partial charge in [-0.25, -0.2) is 4.39 Å². The van der Waals surface area contributed by atoms with E-state index in [4.69, 9.17) is 5.73 Å². The van der Waals surface area contributed by atoms with E-state index in [0.717, 1.165) is 0 Å². The van der Waals surface area contributed by atoms with Crippen LogP contribution in [0.25, 0.3) is 11.3 Å². The highest BCUT2D eigenvalue weighted by Crippen LogP contribution is 2.24. The summed E-state index contributed by atoms with van der Waals surface area (Å²) in [5.74, 6) is -1.43. The third-order valence-electron chi connectivity index (χ3n) is 5.71. The Morgan fingerprint density at radius 3 is 2.56 bits per heavy atom. The van der Waals surface area contributed by atoms with Crippen LogP contribution in [0.15, 0.2) is 42.6 Å². The Morgan fingerprint density at radius 1 is 1.28 bits per heavy atom. The van der Waals surface area contributed by atoms with E-state index < -0.39 is 36.0 Å². The topological polar surface area (TPSA) is 129 Å². The largest absolute Gasteiger partial charge is 0.394 e. The summed E-state index contributed by atoms with van der Waals surface area (Å²) in [4.78, 5) is 31.0. The average Bonchev–Trinajstić information content (AvgIpc) is 3.18. The summed E-state index contributed by atoms with van der Waals surface area (Å²) in [6, 6.07) is 7.10. The van der Waals surface area contributed by atoms with E-state index in [1.165, 1.54) is 23.2 Å². The van der Waals surface area contributed by atoms with Gasteiger partial charge in [-0.1, -0.05) is 38.1 Å². The zero-order valence-electron chi connectivity index (χ0n) is 18.1. The fourth-order valence-corrected chi connectivity index (χ4v) is 3.76. The third kappa shape index (κ3) is 5.12. The van der Waals surface area contributed by atoms with Crippen LogP contribution in [0.2, 0.25) is 0 Å². The second-order valence-corrected chi connectivity index (χ2v) is 8.37. The number of nitrogens with two attached hydrogens (primary N) is 1. The Morgan fingerprint density at radius 2 is 1.97 bits per heavy atom. The standard InChI is InChI=1S/C23H29FN4O4/c1-13(2)20(25)23(32)28-11-16(30)10-19(28)22(31)27-18(12-29)14-5-7-15(8-6-14)21-17(24)4-3-9-26-21/h3-9,13,16,18-20,29-30H,10-12,25H2,1-2H3,(H,27,31)/t16-,18+,19+,20+/m1/s1. The minimum absolute atomic E-state index is 0.0332. The van der Waals surface area contributed by atoms with Crippen LogP contribution >= 0.6 is 0 Å². The number of carbonyl (C=O) groups excluding carboxylic acids is 2. The highest BCUT2D eigenvalue weighted by atomic mass is 19.1. The van der Waals surface area contributed by atoms with E-state index in [1.807, 2.05) is 13.8 Å². The lowest BCUT2D eigenvalue weighted by atomic mass is 10.0. The molecule has 2 amide bonds. The third-order valence-corrected chi connectivity index (χ3v) is 5.71. The molecule has 1 aromatic carbocycles. The van der Waals surface area contributed by atoms with Gasteiger partial charge in [0.05, 0.1) is 24.8 Å². The summed E-state index contributed by atoms with van der Waals surface area (Å²) in [6.45, 7) is 3.28. The summed E-state index contributed by atoms with van der Waals surface area (Å²) in [5, 5.41) is 22.7. The molecule has 3 rings (SSSR count). The molecule has 1 fully saturated rings. The molecule has 0 bridgehead atoms. The van der Waals surface area contributed by atoms with E-state index in [1.54, 1.807) is 24.3 Å². The van der Waals surface area contributed by atoms with Crippen molar-refractivity contribution in [3.8, 4) is 11.3 Å². The van der Waals surface area contributed by atoms with Gasteiger partial charge >= 0.3 is 0 Å². The number of hydrogen-bond acceptors (Lipinski definition) is 6. The molecule has 2 aromatic rings. The van der Waals surface area contributed by atoms with Gasteiger partial charge in [0.2, 0.25) is 11.8 Å². The SMILES string of the molecule is CC(C)[C@H](N)C(=O)N1C[C@H](O)C[C@H]1C(=O)N[C@@H](CO)c1ccc(-c2ncccc2F)cc1. The lowest BCUT2D eigenvalue weighted by Gasteiger charge is -2.29. The molecule has 1 aliphatic rings. The van der Waals surface area contributed by atoms with Crippen molar-refractivity contribution in [2.45, 2.75) is 44.5 Å². The molecule has 1 aromatic heterocycles. The molecular formula is C23H29FN4O4. The second-order valence-electron chi connectivity index (χ2n) is 8.37. The first-order valence-electron chi connectivity index (χ1n) is 10.6. The molecule has 0 unspecified atom stereocenters. The van der Waals surface area contributed by atoms with Gasteiger partial charge in [-0.05, 0) is 23.6 Å². The van der Waals surface area contributed by atoms with Gasteiger partial charge in [-0.2, -0.15) is 0 Å². The fraction of sp³-hybridized carbons (Fsp3) is 0.435. The van der Waals surface area contributed by atoms with E-state index in [-0.39, 0.29) is 37.1 Å². The second kappa shape index (κ2) is 10.2. The maximum Gasteiger partial charge on any atom is 0.243 e. The van der Waals surface area contributed by atoms with E-state index >= 15 is 0 Å². The van der Waals surface area contributed by atoms with Gasteiger partial charge in [0.1, 0.15) is 17.6 Å². The maximum atomic E-state index is 14.0. The molecule has 32 heavy (non-hydrogen) atoms. The van der Waals surface area contributed by atoms with Crippen molar-refractivity contribution in [3.63, 3.8) is 0 Å². The van der Waals surface area contributed by atoms with Gasteiger partial charge in [0.25, 0.3) is 0 Å². The highest BCUT2D eigenvalue weighted by Gasteiger charge is 2.41. The number of rotatable bonds is 7. The van der Waals surface area contributed by atoms with Crippen molar-refractivity contribution >= 4 is 11.8 Å². The number of hydrogen-bond donors (Lipinski definition) is 4. The number of aliphatic hydroxyl groups excluding tert-OH is 2. The fourth-order valence-electron chi connectivity index (χ4n) is 3.76. The van der Waals surface area contributed by atoms with Crippen LogP contribution in [0.5, 0.6) is 0 Å². The van der Waals surface area contributed by atoms with Crippen LogP contribution in [0.4, 0.5) is 4.39 Å². The minimum atomic E-state index is -0.877. The van der Waals surface area contributed by atoms with Crippen LogP contribution in [0, 0.1) is 11.7 Å². The Balaban J connectivity index is 1.73. The summed E-state index contributed by atoms with van der Waals surface area (Å²) in [5.41, 5.74) is 7.34. The number of likely N-dealkylation sites (tertiary alicyclic amines) is 1. The zero-order valence-corrected chi connectivity index (χ0v) is 18.1. The zero-order chi connectivity index (χ0) is 23.4. The first-order valence-corrected chi connectivity index (χ1v) is 10.6. The molecule has 2 heterocycles. The molecule has 0 saturated carbocycles. The van der Waals surface area contributed by atoms with Crippen LogP contribution in [0.3, 0.4) is 0 Å². The van der Waals surface area contributed by atoms with E-state index in [2.05, 4.69) is 10.3 Å². The predicted molar refractivity (Wildman–Crippen MR) is 117 cm³/mol. The van der Waals surface area contributed by atoms with Crippen molar-refractivity contribution in [2.24, 2.45) is 11.7 Å². The Kier molecular flexibility index (Phi) is 7.55. The monoisotopic (exact) mass is 444 g/mol. The first kappa shape index (κ1) is 23.8. The highest BCUT2D eigenvalue weighted by molar-refractivity contribution is 5.90. The van der Waals surface area contributed by atoms with Gasteiger partial charge < -0.3 is 26.2 Å². The van der Waals surface area contributed by atoms with Crippen LogP contribution in [-0.4, -0.2) is 63.3 Å². The quantitative estimate of drug-likeness (QED) is 0.504. The van der Waals surface area contributed by atoms with Crippen molar-refractivity contribution in [1.82, 2.24) is 15.2 Å². The smallest absolute Gasteiger partial charge is 0.243 e. The molecule has 4 atom stereocenters. The number of pyridine rings is 1. The molecule has 5 N–H and O–H groups in total. The minimum Gasteiger partial charge on any atom is -0.394 e. The molecule has 0 aliphatic carbocycles. The van der Waals surface area contributed by atoms with Crippen molar-refractivity contribution in [3.05, 3.63) is 54.0 Å². The van der Waals surface area contributed by atoms with E-state index in [0.29, 0.717) is 11.1 Å². The van der Waals surface area contributed by atoms with Gasteiger partial charge in [-0.3, -0.25) is 14.6 Å². The molecule has 0 radical (unpaired) electrons. The van der Waals surface area contributed by atoms with Crippen LogP contribution < -0.4 is 11.1 Å². The van der Waals surface area contributed by atoms with Gasteiger partial charge in [0, 0.05) is 24.7 Å². The summed E-state index contributed by atoms with van der Waals surface area (Å²) < 4.78 is 14.0. The number of aliphatic hydroxyl groups is 2. The predicted octanol–water partition coefficient (Wildman–Crippen LogP) is 0.982. The average molecular weight is 445 g/mol. The molecular weight excluding hydrogens is 415 g/mol. The molecule has 1 saturated heterocycles. The normalized spacial score (nSPS) is 20.3. The first-order chi connectivity index (χ1) is 15.2. The van der Waals surface area contributed by atoms with Crippen LogP contribution in [-0.2, 0) is 9.59 Å². The number of benzene rings is 1. The summed E-state index contributed by atoms with van der Waals surface area (Å²) in [6.07, 6.45) is 0.768. The number of halogens is 1. The molecule has 1 aliphatic heterocycles. The lowest BCUT2D eigenvalue weighted by Crippen LogP contribution is -2.53. The van der Waals surface area contributed by atoms with Crippen molar-refractivity contribution in [2.75, 3.05) is 13.2 Å². The number of nitrogens with zero attached hydrogens (tertiary/aromatic N) is 2. The molecule has 8 nitrogen and oxygen atoms in total.